The normalized spacial score (nSPS) is 13.7. The molecule has 0 saturated carbocycles. The molecule has 0 unspecified atom stereocenters. The summed E-state index contributed by atoms with van der Waals surface area (Å²) in [6, 6.07) is 7.45. The molecule has 8 heteroatoms. The maximum Gasteiger partial charge on any atom is 0.416 e. The predicted octanol–water partition coefficient (Wildman–Crippen LogP) is 5.53. The van der Waals surface area contributed by atoms with E-state index in [9.17, 15) is 31.4 Å². The van der Waals surface area contributed by atoms with Crippen molar-refractivity contribution < 1.29 is 31.4 Å². The van der Waals surface area contributed by atoms with Gasteiger partial charge in [0.1, 0.15) is 0 Å². The first kappa shape index (κ1) is 19.2. The average molecular weight is 363 g/mol. The smallest absolute Gasteiger partial charge is 0.388 e. The first-order valence-corrected chi connectivity index (χ1v) is 7.45. The van der Waals surface area contributed by atoms with Crippen LogP contribution in [0, 0.1) is 0 Å². The summed E-state index contributed by atoms with van der Waals surface area (Å²) in [4.78, 5) is 4.06. The quantitative estimate of drug-likeness (QED) is 0.708. The Bertz CT molecular complexity index is 676. The molecule has 1 heterocycles. The number of alkyl halides is 6. The molecule has 2 aromatic rings. The number of aliphatic hydroxyl groups excluding tert-OH is 1. The molecule has 1 N–H and O–H groups in total. The highest BCUT2D eigenvalue weighted by atomic mass is 19.4. The molecule has 0 spiro atoms. The molecule has 0 amide bonds. The van der Waals surface area contributed by atoms with Gasteiger partial charge >= 0.3 is 12.4 Å². The van der Waals surface area contributed by atoms with E-state index < -0.39 is 30.4 Å². The Morgan fingerprint density at radius 1 is 0.920 bits per heavy atom. The van der Waals surface area contributed by atoms with Crippen molar-refractivity contribution in [2.24, 2.45) is 0 Å². The first-order chi connectivity index (χ1) is 11.6. The van der Waals surface area contributed by atoms with E-state index in [0.717, 1.165) is 12.1 Å². The van der Waals surface area contributed by atoms with Gasteiger partial charge < -0.3 is 5.11 Å². The predicted molar refractivity (Wildman–Crippen MR) is 79.5 cm³/mol. The minimum absolute atomic E-state index is 0.0547. The summed E-state index contributed by atoms with van der Waals surface area (Å²) in [7, 11) is 0. The average Bonchev–Trinajstić information content (AvgIpc) is 2.53. The lowest BCUT2D eigenvalue weighted by Crippen LogP contribution is -2.08. The van der Waals surface area contributed by atoms with Crippen molar-refractivity contribution in [2.75, 3.05) is 0 Å². The second kappa shape index (κ2) is 7.43. The zero-order valence-electron chi connectivity index (χ0n) is 12.9. The highest BCUT2D eigenvalue weighted by molar-refractivity contribution is 5.59. The molecule has 136 valence electrons. The lowest BCUT2D eigenvalue weighted by atomic mass is 10.0. The molecule has 0 radical (unpaired) electrons. The Balaban J connectivity index is 2.02. The Kier molecular flexibility index (Phi) is 5.72. The minimum atomic E-state index is -4.42. The minimum Gasteiger partial charge on any atom is -0.388 e. The van der Waals surface area contributed by atoms with Gasteiger partial charge in [-0.3, -0.25) is 4.98 Å². The van der Waals surface area contributed by atoms with Crippen LogP contribution in [0.25, 0.3) is 11.3 Å². The number of hydrogen-bond acceptors (Lipinski definition) is 2. The van der Waals surface area contributed by atoms with Crippen molar-refractivity contribution in [3.05, 3.63) is 53.7 Å². The van der Waals surface area contributed by atoms with Gasteiger partial charge in [-0.25, -0.2) is 0 Å². The van der Waals surface area contributed by atoms with Gasteiger partial charge in [-0.1, -0.05) is 18.2 Å². The third-order valence-electron chi connectivity index (χ3n) is 3.62. The molecule has 0 aliphatic heterocycles. The monoisotopic (exact) mass is 363 g/mol. The number of halogens is 6. The standard InChI is InChI=1S/C17H15F6NO/c18-16(19,20)9-1-2-15(25)12-5-8-14(24-10-12)11-3-6-13(7-4-11)17(21,22)23/h3-8,10,15,25H,1-2,9H2/t15-/m0/s1. The van der Waals surface area contributed by atoms with E-state index in [4.69, 9.17) is 0 Å². The molecule has 0 aliphatic rings. The van der Waals surface area contributed by atoms with Crippen molar-refractivity contribution in [3.63, 3.8) is 0 Å². The number of nitrogens with zero attached hydrogens (tertiary/aromatic N) is 1. The van der Waals surface area contributed by atoms with Gasteiger partial charge in [-0.2, -0.15) is 26.3 Å². The van der Waals surface area contributed by atoms with Crippen LogP contribution in [0.1, 0.15) is 36.5 Å². The van der Waals surface area contributed by atoms with Crippen LogP contribution in [-0.4, -0.2) is 16.3 Å². The molecule has 0 fully saturated rings. The Labute approximate surface area is 140 Å². The zero-order chi connectivity index (χ0) is 18.7. The molecule has 2 rings (SSSR count). The van der Waals surface area contributed by atoms with Crippen LogP contribution < -0.4 is 0 Å². The van der Waals surface area contributed by atoms with Gasteiger partial charge in [-0.05, 0) is 36.6 Å². The van der Waals surface area contributed by atoms with Gasteiger partial charge in [0.25, 0.3) is 0 Å². The molecular formula is C17H15F6NO. The van der Waals surface area contributed by atoms with E-state index in [0.29, 0.717) is 16.8 Å². The van der Waals surface area contributed by atoms with E-state index in [1.165, 1.54) is 30.5 Å². The number of pyridine rings is 1. The molecule has 1 aromatic carbocycles. The molecular weight excluding hydrogens is 348 g/mol. The second-order valence-electron chi connectivity index (χ2n) is 5.58. The maximum atomic E-state index is 12.5. The molecule has 1 atom stereocenters. The van der Waals surface area contributed by atoms with E-state index in [1.807, 2.05) is 0 Å². The molecule has 0 saturated heterocycles. The molecule has 0 aliphatic carbocycles. The maximum absolute atomic E-state index is 12.5. The van der Waals surface area contributed by atoms with Gasteiger partial charge in [-0.15, -0.1) is 0 Å². The number of aromatic nitrogens is 1. The number of aliphatic hydroxyl groups is 1. The van der Waals surface area contributed by atoms with Crippen LogP contribution in [-0.2, 0) is 6.18 Å². The summed E-state index contributed by atoms with van der Waals surface area (Å²) in [6.45, 7) is 0. The van der Waals surface area contributed by atoms with E-state index in [1.54, 1.807) is 0 Å². The topological polar surface area (TPSA) is 33.1 Å². The third-order valence-corrected chi connectivity index (χ3v) is 3.62. The fraction of sp³-hybridized carbons (Fsp3) is 0.353. The van der Waals surface area contributed by atoms with Crippen LogP contribution in [0.2, 0.25) is 0 Å². The van der Waals surface area contributed by atoms with Crippen molar-refractivity contribution in [1.29, 1.82) is 0 Å². The van der Waals surface area contributed by atoms with Crippen molar-refractivity contribution in [1.82, 2.24) is 4.98 Å². The Morgan fingerprint density at radius 3 is 2.04 bits per heavy atom. The molecule has 0 bridgehead atoms. The first-order valence-electron chi connectivity index (χ1n) is 7.45. The van der Waals surface area contributed by atoms with Crippen LogP contribution in [0.5, 0.6) is 0 Å². The third kappa shape index (κ3) is 5.74. The fourth-order valence-corrected chi connectivity index (χ4v) is 2.27. The summed E-state index contributed by atoms with van der Waals surface area (Å²) in [5.41, 5.74) is 0.455. The highest BCUT2D eigenvalue weighted by Crippen LogP contribution is 2.31. The summed E-state index contributed by atoms with van der Waals surface area (Å²) in [5, 5.41) is 9.87. The zero-order valence-corrected chi connectivity index (χ0v) is 12.9. The summed E-state index contributed by atoms with van der Waals surface area (Å²) in [5.74, 6) is 0. The second-order valence-corrected chi connectivity index (χ2v) is 5.58. The summed E-state index contributed by atoms with van der Waals surface area (Å²) in [6.07, 6.45) is -9.67. The van der Waals surface area contributed by atoms with Gasteiger partial charge in [0.15, 0.2) is 0 Å². The summed E-state index contributed by atoms with van der Waals surface area (Å²) < 4.78 is 73.8. The Hall–Kier alpha value is -2.09. The van der Waals surface area contributed by atoms with Crippen LogP contribution >= 0.6 is 0 Å². The SMILES string of the molecule is O[C@@H](CCCC(F)(F)F)c1ccc(-c2ccc(C(F)(F)F)cc2)nc1. The number of rotatable bonds is 5. The molecule has 25 heavy (non-hydrogen) atoms. The van der Waals surface area contributed by atoms with Crippen LogP contribution in [0.3, 0.4) is 0 Å². The fourth-order valence-electron chi connectivity index (χ4n) is 2.27. The Morgan fingerprint density at radius 2 is 1.56 bits per heavy atom. The van der Waals surface area contributed by atoms with Gasteiger partial charge in [0, 0.05) is 18.2 Å². The van der Waals surface area contributed by atoms with E-state index >= 15 is 0 Å². The molecule has 1 aromatic heterocycles. The van der Waals surface area contributed by atoms with E-state index in [2.05, 4.69) is 4.98 Å². The lowest BCUT2D eigenvalue weighted by molar-refractivity contribution is -0.138. The lowest BCUT2D eigenvalue weighted by Gasteiger charge is -2.12. The van der Waals surface area contributed by atoms with Gasteiger partial charge in [0.05, 0.1) is 17.4 Å². The van der Waals surface area contributed by atoms with Crippen molar-refractivity contribution in [2.45, 2.75) is 37.7 Å². The molecule has 2 nitrogen and oxygen atoms in total. The number of benzene rings is 1. The van der Waals surface area contributed by atoms with Crippen molar-refractivity contribution in [3.8, 4) is 11.3 Å². The van der Waals surface area contributed by atoms with E-state index in [-0.39, 0.29) is 12.8 Å². The summed E-state index contributed by atoms with van der Waals surface area (Å²) >= 11 is 0. The van der Waals surface area contributed by atoms with Gasteiger partial charge in [0.2, 0.25) is 0 Å². The van der Waals surface area contributed by atoms with Crippen LogP contribution in [0.4, 0.5) is 26.3 Å². The largest absolute Gasteiger partial charge is 0.416 e. The number of hydrogen-bond donors (Lipinski definition) is 1. The highest BCUT2D eigenvalue weighted by Gasteiger charge is 2.30. The van der Waals surface area contributed by atoms with Crippen molar-refractivity contribution >= 4 is 0 Å². The van der Waals surface area contributed by atoms with Crippen LogP contribution in [0.15, 0.2) is 42.6 Å².